The van der Waals surface area contributed by atoms with E-state index >= 15 is 0 Å². The Morgan fingerprint density at radius 3 is 0.952 bits per heavy atom. The topological polar surface area (TPSA) is 161 Å². The van der Waals surface area contributed by atoms with Crippen molar-refractivity contribution in [1.29, 1.82) is 0 Å². The van der Waals surface area contributed by atoms with E-state index in [-0.39, 0.29) is 118 Å². The fourth-order valence-corrected chi connectivity index (χ4v) is 2.17. The van der Waals surface area contributed by atoms with E-state index < -0.39 is 54.0 Å². The van der Waals surface area contributed by atoms with Gasteiger partial charge in [-0.25, -0.2) is 0 Å². The number of hydrogen-bond donors (Lipinski definition) is 0. The third-order valence-corrected chi connectivity index (χ3v) is 2.91. The Labute approximate surface area is 208 Å². The molecule has 0 spiro atoms. The Kier molecular flexibility index (Phi) is 19.3. The molecular formula is C9H6Na4O8. The van der Waals surface area contributed by atoms with Gasteiger partial charge in [-0.15, -0.1) is 0 Å². The second-order valence-electron chi connectivity index (χ2n) is 3.78. The maximum atomic E-state index is 10.7. The molecule has 0 amide bonds. The van der Waals surface area contributed by atoms with Crippen molar-refractivity contribution in [3.63, 3.8) is 0 Å². The summed E-state index contributed by atoms with van der Waals surface area (Å²) in [6.07, 6.45) is -0.692. The Hall–Kier alpha value is 1.88. The van der Waals surface area contributed by atoms with Crippen molar-refractivity contribution in [2.45, 2.75) is 6.42 Å². The molecule has 21 heavy (non-hydrogen) atoms. The Morgan fingerprint density at radius 1 is 0.571 bits per heavy atom. The minimum absolute atomic E-state index is 0. The molecule has 0 saturated heterocycles. The summed E-state index contributed by atoms with van der Waals surface area (Å²) in [5, 5.41) is 42.6. The summed E-state index contributed by atoms with van der Waals surface area (Å²) in [5.41, 5.74) is 0. The molecule has 0 bridgehead atoms. The van der Waals surface area contributed by atoms with Crippen LogP contribution in [-0.4, -0.2) is 23.9 Å². The average Bonchev–Trinajstić information content (AvgIpc) is 2.56. The van der Waals surface area contributed by atoms with Gasteiger partial charge in [0.1, 0.15) is 0 Å². The van der Waals surface area contributed by atoms with Crippen molar-refractivity contribution in [3.8, 4) is 0 Å². The van der Waals surface area contributed by atoms with Crippen LogP contribution in [0.2, 0.25) is 0 Å². The molecule has 0 aliphatic heterocycles. The second-order valence-corrected chi connectivity index (χ2v) is 3.78. The van der Waals surface area contributed by atoms with Gasteiger partial charge in [0, 0.05) is 47.5 Å². The van der Waals surface area contributed by atoms with Crippen molar-refractivity contribution in [1.82, 2.24) is 0 Å². The molecule has 0 aromatic heterocycles. The third-order valence-electron chi connectivity index (χ3n) is 2.91. The van der Waals surface area contributed by atoms with Gasteiger partial charge < -0.3 is 39.6 Å². The Morgan fingerprint density at radius 2 is 0.810 bits per heavy atom. The van der Waals surface area contributed by atoms with Gasteiger partial charge in [-0.3, -0.25) is 0 Å². The molecule has 0 aromatic rings. The standard InChI is InChI=1S/C9H10O8.4Na/c10-6(11)2-1-3(7(12)13)5(9(16)17)4(2)8(14)15;;;;/h2-5H,1H2,(H,10,11)(H,12,13)(H,14,15)(H,16,17);;;;/q;4*+1/p-4. The Balaban J connectivity index is -0.000000361. The van der Waals surface area contributed by atoms with Gasteiger partial charge in [0.25, 0.3) is 0 Å². The average molecular weight is 334 g/mol. The van der Waals surface area contributed by atoms with Crippen LogP contribution in [0.1, 0.15) is 6.42 Å². The van der Waals surface area contributed by atoms with E-state index in [1.54, 1.807) is 0 Å². The summed E-state index contributed by atoms with van der Waals surface area (Å²) in [5.74, 6) is -15.1. The fourth-order valence-electron chi connectivity index (χ4n) is 2.17. The van der Waals surface area contributed by atoms with Crippen molar-refractivity contribution in [2.75, 3.05) is 0 Å². The van der Waals surface area contributed by atoms with Gasteiger partial charge >= 0.3 is 118 Å². The van der Waals surface area contributed by atoms with E-state index in [0.29, 0.717) is 0 Å². The van der Waals surface area contributed by atoms with Gasteiger partial charge in [-0.1, -0.05) is 0 Å². The van der Waals surface area contributed by atoms with Gasteiger partial charge in [0.2, 0.25) is 0 Å². The van der Waals surface area contributed by atoms with E-state index in [0.717, 1.165) is 0 Å². The zero-order chi connectivity index (χ0) is 13.3. The molecule has 8 nitrogen and oxygen atoms in total. The van der Waals surface area contributed by atoms with E-state index in [1.807, 2.05) is 0 Å². The molecule has 1 aliphatic carbocycles. The van der Waals surface area contributed by atoms with Crippen LogP contribution in [0.5, 0.6) is 0 Å². The first-order chi connectivity index (χ1) is 7.77. The SMILES string of the molecule is O=C([O-])C1CC(C(=O)[O-])C(C(=O)[O-])C1C(=O)[O-].[Na+].[Na+].[Na+].[Na+]. The van der Waals surface area contributed by atoms with Crippen LogP contribution in [0.25, 0.3) is 0 Å². The summed E-state index contributed by atoms with van der Waals surface area (Å²) in [6, 6.07) is 0. The molecular weight excluding hydrogens is 328 g/mol. The summed E-state index contributed by atoms with van der Waals surface area (Å²) < 4.78 is 0. The zero-order valence-corrected chi connectivity index (χ0v) is 20.3. The molecule has 94 valence electrons. The van der Waals surface area contributed by atoms with Crippen LogP contribution < -0.4 is 139 Å². The van der Waals surface area contributed by atoms with Gasteiger partial charge in [-0.2, -0.15) is 0 Å². The van der Waals surface area contributed by atoms with Crippen molar-refractivity contribution in [3.05, 3.63) is 0 Å². The molecule has 1 fully saturated rings. The zero-order valence-electron chi connectivity index (χ0n) is 12.3. The van der Waals surface area contributed by atoms with Crippen LogP contribution in [-0.2, 0) is 19.2 Å². The number of carbonyl (C=O) groups is 4. The molecule has 1 rings (SSSR count). The van der Waals surface area contributed by atoms with Gasteiger partial charge in [0.15, 0.2) is 0 Å². The predicted octanol–water partition coefficient (Wildman–Crippen LogP) is -18.1. The molecule has 0 aromatic carbocycles. The maximum absolute atomic E-state index is 10.7. The van der Waals surface area contributed by atoms with E-state index in [9.17, 15) is 39.6 Å². The number of carboxylic acid groups (broad SMARTS) is 4. The minimum Gasteiger partial charge on any atom is -0.550 e. The van der Waals surface area contributed by atoms with Crippen LogP contribution in [0, 0.1) is 23.7 Å². The summed E-state index contributed by atoms with van der Waals surface area (Å²) >= 11 is 0. The molecule has 0 heterocycles. The summed E-state index contributed by atoms with van der Waals surface area (Å²) in [7, 11) is 0. The first-order valence-corrected chi connectivity index (χ1v) is 4.60. The van der Waals surface area contributed by atoms with E-state index in [2.05, 4.69) is 0 Å². The van der Waals surface area contributed by atoms with Crippen LogP contribution in [0.4, 0.5) is 0 Å². The first kappa shape index (κ1) is 30.7. The van der Waals surface area contributed by atoms with Gasteiger partial charge in [0.05, 0.1) is 0 Å². The summed E-state index contributed by atoms with van der Waals surface area (Å²) in [6.45, 7) is 0. The molecule has 0 N–H and O–H groups in total. The smallest absolute Gasteiger partial charge is 0.550 e. The fraction of sp³-hybridized carbons (Fsp3) is 0.556. The number of hydrogen-bond acceptors (Lipinski definition) is 8. The summed E-state index contributed by atoms with van der Waals surface area (Å²) in [4.78, 5) is 42.6. The van der Waals surface area contributed by atoms with Crippen LogP contribution in [0.3, 0.4) is 0 Å². The first-order valence-electron chi connectivity index (χ1n) is 4.60. The normalized spacial score (nSPS) is 25.9. The van der Waals surface area contributed by atoms with Crippen molar-refractivity contribution < 1.29 is 158 Å². The molecule has 0 radical (unpaired) electrons. The molecule has 4 atom stereocenters. The quantitative estimate of drug-likeness (QED) is 0.458. The van der Waals surface area contributed by atoms with E-state index in [4.69, 9.17) is 0 Å². The van der Waals surface area contributed by atoms with Crippen molar-refractivity contribution in [2.24, 2.45) is 23.7 Å². The molecule has 4 unspecified atom stereocenters. The van der Waals surface area contributed by atoms with Gasteiger partial charge in [-0.05, 0) is 6.42 Å². The predicted molar refractivity (Wildman–Crippen MR) is 38.6 cm³/mol. The minimum atomic E-state index is -1.99. The maximum Gasteiger partial charge on any atom is 1.00 e. The Bertz CT molecular complexity index is 365. The van der Waals surface area contributed by atoms with Crippen LogP contribution >= 0.6 is 0 Å². The number of carboxylic acids is 4. The monoisotopic (exact) mass is 334 g/mol. The molecule has 12 heteroatoms. The van der Waals surface area contributed by atoms with E-state index in [1.165, 1.54) is 0 Å². The molecule has 1 aliphatic rings. The largest absolute Gasteiger partial charge is 1.00 e. The second kappa shape index (κ2) is 13.2. The van der Waals surface area contributed by atoms with Crippen LogP contribution in [0.15, 0.2) is 0 Å². The van der Waals surface area contributed by atoms with Crippen molar-refractivity contribution >= 4 is 23.9 Å². The number of aliphatic carboxylic acids is 4. The number of rotatable bonds is 4. The number of carbonyl (C=O) groups excluding carboxylic acids is 4. The third kappa shape index (κ3) is 7.53. The molecule has 1 saturated carbocycles.